The predicted molar refractivity (Wildman–Crippen MR) is 184 cm³/mol. The molecule has 0 aliphatic rings. The lowest BCUT2D eigenvalue weighted by Gasteiger charge is -2.26. The fraction of sp³-hybridized carbons (Fsp3) is 0. The fourth-order valence-corrected chi connectivity index (χ4v) is 6.53. The van der Waals surface area contributed by atoms with Crippen LogP contribution in [-0.2, 0) is 0 Å². The van der Waals surface area contributed by atoms with Gasteiger partial charge in [0.2, 0.25) is 5.71 Å². The summed E-state index contributed by atoms with van der Waals surface area (Å²) in [4.78, 5) is 6.86. The van der Waals surface area contributed by atoms with Crippen LogP contribution in [-0.4, -0.2) is 4.98 Å². The van der Waals surface area contributed by atoms with Gasteiger partial charge in [0, 0.05) is 39.4 Å². The molecule has 0 amide bonds. The smallest absolute Gasteiger partial charge is 0.227 e. The molecule has 0 saturated carbocycles. The Morgan fingerprint density at radius 1 is 0.432 bits per heavy atom. The lowest BCUT2D eigenvalue weighted by Crippen LogP contribution is -2.10. The number of hydrogen-bond acceptors (Lipinski definition) is 3. The van der Waals surface area contributed by atoms with Gasteiger partial charge in [-0.1, -0.05) is 97.1 Å². The highest BCUT2D eigenvalue weighted by atomic mass is 16.3. The van der Waals surface area contributed by atoms with E-state index in [0.717, 1.165) is 49.6 Å². The maximum atomic E-state index is 6.42. The Kier molecular flexibility index (Phi) is 5.50. The second kappa shape index (κ2) is 9.82. The molecule has 2 aromatic heterocycles. The van der Waals surface area contributed by atoms with Crippen LogP contribution in [0.2, 0.25) is 0 Å². The van der Waals surface area contributed by atoms with Gasteiger partial charge in [-0.25, -0.2) is 4.98 Å². The second-order valence-electron chi connectivity index (χ2n) is 11.2. The number of anilines is 3. The molecule has 3 nitrogen and oxygen atoms in total. The van der Waals surface area contributed by atoms with E-state index in [1.807, 2.05) is 6.07 Å². The minimum Gasteiger partial charge on any atom is -0.437 e. The van der Waals surface area contributed by atoms with E-state index < -0.39 is 0 Å². The normalized spacial score (nSPS) is 11.6. The Bertz CT molecular complexity index is 2490. The van der Waals surface area contributed by atoms with E-state index in [9.17, 15) is 0 Å². The van der Waals surface area contributed by atoms with Gasteiger partial charge in [-0.15, -0.1) is 0 Å². The lowest BCUT2D eigenvalue weighted by atomic mass is 9.98. The van der Waals surface area contributed by atoms with Crippen LogP contribution < -0.4 is 4.90 Å². The van der Waals surface area contributed by atoms with E-state index in [1.165, 1.54) is 27.3 Å². The summed E-state index contributed by atoms with van der Waals surface area (Å²) in [6, 6.07) is 54.1. The van der Waals surface area contributed by atoms with Gasteiger partial charge in [0.1, 0.15) is 5.58 Å². The Balaban J connectivity index is 1.28. The predicted octanol–water partition coefficient (Wildman–Crippen LogP) is 11.6. The molecule has 0 unspecified atom stereocenters. The number of pyridine rings is 1. The zero-order chi connectivity index (χ0) is 29.0. The van der Waals surface area contributed by atoms with E-state index in [1.54, 1.807) is 6.20 Å². The zero-order valence-corrected chi connectivity index (χ0v) is 23.8. The molecule has 0 N–H and O–H groups in total. The van der Waals surface area contributed by atoms with Crippen LogP contribution in [0.1, 0.15) is 0 Å². The van der Waals surface area contributed by atoms with Crippen molar-refractivity contribution in [1.82, 2.24) is 4.98 Å². The average molecular weight is 563 g/mol. The molecule has 3 heteroatoms. The molecule has 9 aromatic rings. The third kappa shape index (κ3) is 3.94. The van der Waals surface area contributed by atoms with Crippen molar-refractivity contribution in [2.24, 2.45) is 0 Å². The quantitative estimate of drug-likeness (QED) is 0.200. The number of aromatic nitrogens is 1. The molecule has 206 valence electrons. The van der Waals surface area contributed by atoms with E-state index in [-0.39, 0.29) is 0 Å². The summed E-state index contributed by atoms with van der Waals surface area (Å²) in [5.74, 6) is 0. The molecule has 7 aromatic carbocycles. The molecule has 0 radical (unpaired) electrons. The summed E-state index contributed by atoms with van der Waals surface area (Å²) in [5.41, 5.74) is 7.23. The first-order valence-corrected chi connectivity index (χ1v) is 14.9. The van der Waals surface area contributed by atoms with Crippen LogP contribution >= 0.6 is 0 Å². The minimum absolute atomic E-state index is 0.666. The molecule has 9 rings (SSSR count). The third-order valence-electron chi connectivity index (χ3n) is 8.68. The van der Waals surface area contributed by atoms with Crippen molar-refractivity contribution in [1.29, 1.82) is 0 Å². The molecular weight excluding hydrogens is 536 g/mol. The second-order valence-corrected chi connectivity index (χ2v) is 11.2. The highest BCUT2D eigenvalue weighted by Crippen LogP contribution is 2.42. The standard InChI is InChI=1S/C41H26N2O/c1-2-7-27(8-3-1)29-14-19-33(20-15-29)43(34-21-16-28-9-4-5-10-32(28)25-34)35-22-17-30-12-13-31-18-23-36-37-11-6-24-42-41(37)44-40(36)39(31)38(30)26-35/h1-26H. The highest BCUT2D eigenvalue weighted by Gasteiger charge is 2.17. The molecule has 0 bridgehead atoms. The van der Waals surface area contributed by atoms with Gasteiger partial charge in [0.05, 0.1) is 0 Å². The highest BCUT2D eigenvalue weighted by molar-refractivity contribution is 6.23. The van der Waals surface area contributed by atoms with Gasteiger partial charge >= 0.3 is 0 Å². The Morgan fingerprint density at radius 3 is 1.95 bits per heavy atom. The van der Waals surface area contributed by atoms with Crippen molar-refractivity contribution >= 4 is 71.4 Å². The van der Waals surface area contributed by atoms with Gasteiger partial charge in [0.15, 0.2) is 0 Å². The number of fused-ring (bicyclic) bond motifs is 8. The number of hydrogen-bond donors (Lipinski definition) is 0. The summed E-state index contributed by atoms with van der Waals surface area (Å²) in [6.07, 6.45) is 1.79. The van der Waals surface area contributed by atoms with Crippen molar-refractivity contribution in [3.8, 4) is 11.1 Å². The molecule has 0 atom stereocenters. The van der Waals surface area contributed by atoms with Gasteiger partial charge in [-0.05, 0) is 92.7 Å². The van der Waals surface area contributed by atoms with Crippen LogP contribution in [0.25, 0.3) is 65.5 Å². The first kappa shape index (κ1) is 24.6. The Labute approximate surface area is 254 Å². The SMILES string of the molecule is c1ccc(-c2ccc(N(c3ccc4ccccc4c3)c3ccc4ccc5ccc6c7cccnc7oc6c5c4c3)cc2)cc1. The first-order chi connectivity index (χ1) is 21.8. The van der Waals surface area contributed by atoms with Crippen LogP contribution in [0, 0.1) is 0 Å². The first-order valence-electron chi connectivity index (χ1n) is 14.9. The molecular formula is C41H26N2O. The van der Waals surface area contributed by atoms with E-state index in [4.69, 9.17) is 4.42 Å². The van der Waals surface area contributed by atoms with E-state index in [2.05, 4.69) is 155 Å². The van der Waals surface area contributed by atoms with Crippen LogP contribution in [0.4, 0.5) is 17.1 Å². The molecule has 0 spiro atoms. The van der Waals surface area contributed by atoms with E-state index >= 15 is 0 Å². The average Bonchev–Trinajstić information content (AvgIpc) is 3.48. The topological polar surface area (TPSA) is 29.3 Å². The van der Waals surface area contributed by atoms with E-state index in [0.29, 0.717) is 5.71 Å². The number of benzene rings is 7. The molecule has 0 fully saturated rings. The minimum atomic E-state index is 0.666. The van der Waals surface area contributed by atoms with Gasteiger partial charge < -0.3 is 9.32 Å². The summed E-state index contributed by atoms with van der Waals surface area (Å²) in [5, 5.41) is 9.12. The molecule has 0 saturated heterocycles. The van der Waals surface area contributed by atoms with Crippen molar-refractivity contribution < 1.29 is 4.42 Å². The molecule has 2 heterocycles. The monoisotopic (exact) mass is 562 g/mol. The zero-order valence-electron chi connectivity index (χ0n) is 23.8. The summed E-state index contributed by atoms with van der Waals surface area (Å²) in [7, 11) is 0. The lowest BCUT2D eigenvalue weighted by molar-refractivity contribution is 0.658. The molecule has 0 aliphatic heterocycles. The number of furan rings is 1. The third-order valence-corrected chi connectivity index (χ3v) is 8.68. The maximum Gasteiger partial charge on any atom is 0.227 e. The van der Waals surface area contributed by atoms with Crippen LogP contribution in [0.3, 0.4) is 0 Å². The summed E-state index contributed by atoms with van der Waals surface area (Å²) < 4.78 is 6.42. The fourth-order valence-electron chi connectivity index (χ4n) is 6.53. The summed E-state index contributed by atoms with van der Waals surface area (Å²) >= 11 is 0. The Morgan fingerprint density at radius 2 is 1.09 bits per heavy atom. The van der Waals surface area contributed by atoms with Crippen molar-refractivity contribution in [2.75, 3.05) is 4.90 Å². The number of nitrogens with zero attached hydrogens (tertiary/aromatic N) is 2. The van der Waals surface area contributed by atoms with Crippen molar-refractivity contribution in [2.45, 2.75) is 0 Å². The molecule has 0 aliphatic carbocycles. The van der Waals surface area contributed by atoms with Gasteiger partial charge in [-0.3, -0.25) is 0 Å². The number of rotatable bonds is 4. The largest absolute Gasteiger partial charge is 0.437 e. The van der Waals surface area contributed by atoms with Crippen LogP contribution in [0.15, 0.2) is 162 Å². The van der Waals surface area contributed by atoms with Crippen molar-refractivity contribution in [3.63, 3.8) is 0 Å². The van der Waals surface area contributed by atoms with Gasteiger partial charge in [0.25, 0.3) is 0 Å². The Hall–Kier alpha value is -5.93. The molecule has 44 heavy (non-hydrogen) atoms. The summed E-state index contributed by atoms with van der Waals surface area (Å²) in [6.45, 7) is 0. The van der Waals surface area contributed by atoms with Crippen LogP contribution in [0.5, 0.6) is 0 Å². The van der Waals surface area contributed by atoms with Crippen molar-refractivity contribution in [3.05, 3.63) is 158 Å². The maximum absolute atomic E-state index is 6.42. The van der Waals surface area contributed by atoms with Gasteiger partial charge in [-0.2, -0.15) is 0 Å².